The summed E-state index contributed by atoms with van der Waals surface area (Å²) in [5.74, 6) is 3.50. The Balaban J connectivity index is 1.64. The van der Waals surface area contributed by atoms with Gasteiger partial charge in [0.25, 0.3) is 5.91 Å². The molecule has 2 N–H and O–H groups in total. The fourth-order valence-corrected chi connectivity index (χ4v) is 3.76. The van der Waals surface area contributed by atoms with Gasteiger partial charge in [-0.15, -0.1) is 0 Å². The Morgan fingerprint density at radius 3 is 2.09 bits per heavy atom. The minimum atomic E-state index is -2.77. The quantitative estimate of drug-likeness (QED) is 0.594. The molecule has 3 rings (SSSR count). The van der Waals surface area contributed by atoms with Crippen molar-refractivity contribution in [3.63, 3.8) is 0 Å². The fourth-order valence-electron chi connectivity index (χ4n) is 3.76. The first-order valence-electron chi connectivity index (χ1n) is 11.6. The first-order valence-corrected chi connectivity index (χ1v) is 11.6. The third kappa shape index (κ3) is 6.87. The van der Waals surface area contributed by atoms with E-state index in [9.17, 15) is 18.4 Å². The molecule has 0 saturated carbocycles. The maximum atomic E-state index is 13.3. The Labute approximate surface area is 205 Å². The molecule has 0 spiro atoms. The molecule has 1 heterocycles. The van der Waals surface area contributed by atoms with E-state index >= 15 is 0 Å². The van der Waals surface area contributed by atoms with Crippen LogP contribution in [0.25, 0.3) is 0 Å². The molecular weight excluding hydrogens is 452 g/mol. The number of amides is 2. The van der Waals surface area contributed by atoms with E-state index in [1.807, 2.05) is 12.1 Å². The van der Waals surface area contributed by atoms with Crippen molar-refractivity contribution in [3.05, 3.63) is 70.8 Å². The standard InChI is InChI=1S/C27H31F2N3O3/c1-19(24(28)29)27(2,26(34)30-3)31-25(33)23-12-10-21(11-13-23)5-4-20-6-8-22(9-7-20)18-32-14-16-35-17-15-32/h6-13,19,24H,14-18H2,1-3H3,(H,30,34)(H,31,33). The highest BCUT2D eigenvalue weighted by Gasteiger charge is 2.44. The number of benzene rings is 2. The number of rotatable bonds is 7. The van der Waals surface area contributed by atoms with Crippen molar-refractivity contribution in [2.24, 2.45) is 5.92 Å². The number of hydrogen-bond donors (Lipinski definition) is 2. The molecule has 6 nitrogen and oxygen atoms in total. The topological polar surface area (TPSA) is 70.7 Å². The molecule has 0 aromatic heterocycles. The lowest BCUT2D eigenvalue weighted by atomic mass is 9.85. The Kier molecular flexibility index (Phi) is 8.96. The summed E-state index contributed by atoms with van der Waals surface area (Å²) < 4.78 is 32.0. The van der Waals surface area contributed by atoms with Crippen LogP contribution in [-0.4, -0.2) is 62.0 Å². The predicted octanol–water partition coefficient (Wildman–Crippen LogP) is 3.05. The van der Waals surface area contributed by atoms with Crippen LogP contribution in [0.15, 0.2) is 48.5 Å². The highest BCUT2D eigenvalue weighted by atomic mass is 19.3. The Hall–Kier alpha value is -3.28. The smallest absolute Gasteiger partial charge is 0.252 e. The molecule has 8 heteroatoms. The SMILES string of the molecule is CNC(=O)C(C)(NC(=O)c1ccc(C#Cc2ccc(CN3CCOCC3)cc2)cc1)C(C)C(F)F. The van der Waals surface area contributed by atoms with Gasteiger partial charge in [0.15, 0.2) is 0 Å². The molecule has 2 amide bonds. The molecule has 2 aromatic carbocycles. The van der Waals surface area contributed by atoms with Crippen LogP contribution in [0.4, 0.5) is 8.78 Å². The van der Waals surface area contributed by atoms with E-state index in [0.717, 1.165) is 38.4 Å². The first-order chi connectivity index (χ1) is 16.7. The molecule has 1 fully saturated rings. The number of nitrogens with one attached hydrogen (secondary N) is 2. The highest BCUT2D eigenvalue weighted by Crippen LogP contribution is 2.24. The molecule has 1 aliphatic rings. The van der Waals surface area contributed by atoms with Gasteiger partial charge in [-0.25, -0.2) is 8.78 Å². The van der Waals surface area contributed by atoms with E-state index in [1.54, 1.807) is 24.3 Å². The number of hydrogen-bond acceptors (Lipinski definition) is 4. The monoisotopic (exact) mass is 483 g/mol. The van der Waals surface area contributed by atoms with Crippen molar-refractivity contribution >= 4 is 11.8 Å². The molecule has 2 unspecified atom stereocenters. The van der Waals surface area contributed by atoms with Gasteiger partial charge in [-0.1, -0.05) is 30.9 Å². The summed E-state index contributed by atoms with van der Waals surface area (Å²) >= 11 is 0. The summed E-state index contributed by atoms with van der Waals surface area (Å²) in [6.07, 6.45) is -2.77. The van der Waals surface area contributed by atoms with Crippen molar-refractivity contribution < 1.29 is 23.1 Å². The molecule has 0 radical (unpaired) electrons. The van der Waals surface area contributed by atoms with E-state index in [2.05, 4.69) is 39.5 Å². The molecule has 1 aliphatic heterocycles. The van der Waals surface area contributed by atoms with Crippen LogP contribution in [0.3, 0.4) is 0 Å². The van der Waals surface area contributed by atoms with Crippen LogP contribution in [-0.2, 0) is 16.1 Å². The summed E-state index contributed by atoms with van der Waals surface area (Å²) in [5.41, 5.74) is 1.29. The second-order valence-corrected chi connectivity index (χ2v) is 8.77. The number of halogens is 2. The molecule has 35 heavy (non-hydrogen) atoms. The Morgan fingerprint density at radius 2 is 1.57 bits per heavy atom. The molecular formula is C27H31F2N3O3. The molecule has 0 bridgehead atoms. The number of carbonyl (C=O) groups is 2. The zero-order valence-electron chi connectivity index (χ0n) is 20.2. The average molecular weight is 484 g/mol. The number of likely N-dealkylation sites (N-methyl/N-ethyl adjacent to an activating group) is 1. The van der Waals surface area contributed by atoms with Crippen LogP contribution in [0, 0.1) is 17.8 Å². The molecule has 186 valence electrons. The number of carbonyl (C=O) groups excluding carboxylic acids is 2. The normalized spacial score (nSPS) is 16.5. The average Bonchev–Trinajstić information content (AvgIpc) is 2.88. The minimum absolute atomic E-state index is 0.250. The number of ether oxygens (including phenoxy) is 1. The van der Waals surface area contributed by atoms with Gasteiger partial charge in [0.1, 0.15) is 5.54 Å². The van der Waals surface area contributed by atoms with Gasteiger partial charge in [0.05, 0.1) is 13.2 Å². The fraction of sp³-hybridized carbons (Fsp3) is 0.407. The number of alkyl halides is 2. The molecule has 0 aliphatic carbocycles. The van der Waals surface area contributed by atoms with Gasteiger partial charge in [0.2, 0.25) is 12.3 Å². The lowest BCUT2D eigenvalue weighted by Gasteiger charge is -2.34. The lowest BCUT2D eigenvalue weighted by molar-refractivity contribution is -0.130. The number of nitrogens with zero attached hydrogens (tertiary/aromatic N) is 1. The summed E-state index contributed by atoms with van der Waals surface area (Å²) in [4.78, 5) is 27.3. The van der Waals surface area contributed by atoms with Crippen LogP contribution < -0.4 is 10.6 Å². The zero-order chi connectivity index (χ0) is 25.4. The largest absolute Gasteiger partial charge is 0.379 e. The third-order valence-electron chi connectivity index (χ3n) is 6.32. The summed E-state index contributed by atoms with van der Waals surface area (Å²) in [6.45, 7) is 6.83. The van der Waals surface area contributed by atoms with Crippen molar-refractivity contribution in [2.75, 3.05) is 33.4 Å². The molecule has 2 aromatic rings. The van der Waals surface area contributed by atoms with E-state index in [-0.39, 0.29) is 5.56 Å². The maximum Gasteiger partial charge on any atom is 0.252 e. The van der Waals surface area contributed by atoms with E-state index in [0.29, 0.717) is 5.56 Å². The third-order valence-corrected chi connectivity index (χ3v) is 6.32. The van der Waals surface area contributed by atoms with Crippen LogP contribution >= 0.6 is 0 Å². The second-order valence-electron chi connectivity index (χ2n) is 8.77. The van der Waals surface area contributed by atoms with E-state index in [1.165, 1.54) is 26.5 Å². The van der Waals surface area contributed by atoms with Crippen LogP contribution in [0.1, 0.15) is 40.9 Å². The second kappa shape index (κ2) is 11.9. The minimum Gasteiger partial charge on any atom is -0.379 e. The van der Waals surface area contributed by atoms with Gasteiger partial charge in [-0.05, 0) is 48.9 Å². The molecule has 1 saturated heterocycles. The molecule has 2 atom stereocenters. The van der Waals surface area contributed by atoms with E-state index in [4.69, 9.17) is 4.74 Å². The summed E-state index contributed by atoms with van der Waals surface area (Å²) in [7, 11) is 1.34. The van der Waals surface area contributed by atoms with Gasteiger partial charge in [0, 0.05) is 49.3 Å². The first kappa shape index (κ1) is 26.3. The zero-order valence-corrected chi connectivity index (χ0v) is 20.2. The van der Waals surface area contributed by atoms with Gasteiger partial charge < -0.3 is 15.4 Å². The Bertz CT molecular complexity index is 1070. The highest BCUT2D eigenvalue weighted by molar-refractivity contribution is 5.99. The Morgan fingerprint density at radius 1 is 1.03 bits per heavy atom. The van der Waals surface area contributed by atoms with Crippen molar-refractivity contribution in [2.45, 2.75) is 32.4 Å². The van der Waals surface area contributed by atoms with Crippen LogP contribution in [0.2, 0.25) is 0 Å². The van der Waals surface area contributed by atoms with E-state index < -0.39 is 29.7 Å². The maximum absolute atomic E-state index is 13.3. The van der Waals surface area contributed by atoms with Crippen molar-refractivity contribution in [1.82, 2.24) is 15.5 Å². The summed E-state index contributed by atoms with van der Waals surface area (Å²) in [5, 5.41) is 4.83. The van der Waals surface area contributed by atoms with Crippen molar-refractivity contribution in [1.29, 1.82) is 0 Å². The van der Waals surface area contributed by atoms with Gasteiger partial charge in [-0.3, -0.25) is 14.5 Å². The van der Waals surface area contributed by atoms with Crippen molar-refractivity contribution in [3.8, 4) is 11.8 Å². The van der Waals surface area contributed by atoms with Gasteiger partial charge in [-0.2, -0.15) is 0 Å². The predicted molar refractivity (Wildman–Crippen MR) is 130 cm³/mol. The van der Waals surface area contributed by atoms with Crippen LogP contribution in [0.5, 0.6) is 0 Å². The van der Waals surface area contributed by atoms with Gasteiger partial charge >= 0.3 is 0 Å². The lowest BCUT2D eigenvalue weighted by Crippen LogP contribution is -2.61. The number of morpholine rings is 1. The summed E-state index contributed by atoms with van der Waals surface area (Å²) in [6, 6.07) is 14.6.